The van der Waals surface area contributed by atoms with Gasteiger partial charge >= 0.3 is 0 Å². The lowest BCUT2D eigenvalue weighted by molar-refractivity contribution is 0.132. The molecule has 1 aromatic rings. The summed E-state index contributed by atoms with van der Waals surface area (Å²) in [6, 6.07) is 6.59. The number of aryl methyl sites for hydroxylation is 1. The molecule has 0 spiro atoms. The van der Waals surface area contributed by atoms with Crippen LogP contribution >= 0.6 is 0 Å². The molecule has 0 aliphatic carbocycles. The van der Waals surface area contributed by atoms with Crippen LogP contribution in [0, 0.1) is 6.92 Å². The normalized spacial score (nSPS) is 26.5. The van der Waals surface area contributed by atoms with Gasteiger partial charge in [-0.2, -0.15) is 4.31 Å². The monoisotopic (exact) mass is 344 g/mol. The first-order valence-corrected chi connectivity index (χ1v) is 10.6. The van der Waals surface area contributed by atoms with Crippen LogP contribution in [0.3, 0.4) is 0 Å². The molecular weight excluding hydrogens is 324 g/mol. The van der Waals surface area contributed by atoms with Crippen molar-refractivity contribution in [2.45, 2.75) is 17.9 Å². The fourth-order valence-electron chi connectivity index (χ4n) is 3.09. The zero-order chi connectivity index (χ0) is 16.0. The molecule has 6 nitrogen and oxygen atoms in total. The van der Waals surface area contributed by atoms with Crippen molar-refractivity contribution in [3.05, 3.63) is 29.8 Å². The van der Waals surface area contributed by atoms with Gasteiger partial charge in [-0.15, -0.1) is 0 Å². The Morgan fingerprint density at radius 1 is 1.18 bits per heavy atom. The molecule has 0 radical (unpaired) electrons. The fraction of sp³-hybridized carbons (Fsp3) is 0.571. The number of piperazine rings is 1. The van der Waals surface area contributed by atoms with Gasteiger partial charge < -0.3 is 0 Å². The average molecular weight is 344 g/mol. The van der Waals surface area contributed by atoms with Crippen LogP contribution in [0.15, 0.2) is 29.2 Å². The van der Waals surface area contributed by atoms with E-state index in [9.17, 15) is 16.8 Å². The Morgan fingerprint density at radius 2 is 1.95 bits per heavy atom. The summed E-state index contributed by atoms with van der Waals surface area (Å²) in [6.07, 6.45) is 0. The van der Waals surface area contributed by atoms with Crippen LogP contribution in [0.5, 0.6) is 0 Å². The standard InChI is InChI=1S/C14H20N2O4S2/c1-12-3-2-4-14(9-12)22(19,20)16-6-5-15-7-8-21(17,18)11-13(15)10-16/h2-4,9,13H,5-8,10-11H2,1H3. The van der Waals surface area contributed by atoms with Gasteiger partial charge in [-0.1, -0.05) is 12.1 Å². The van der Waals surface area contributed by atoms with Gasteiger partial charge in [-0.3, -0.25) is 4.90 Å². The Balaban J connectivity index is 1.84. The summed E-state index contributed by atoms with van der Waals surface area (Å²) >= 11 is 0. The molecule has 8 heteroatoms. The van der Waals surface area contributed by atoms with E-state index in [-0.39, 0.29) is 29.0 Å². The molecule has 0 saturated carbocycles. The van der Waals surface area contributed by atoms with Gasteiger partial charge in [0, 0.05) is 32.2 Å². The highest BCUT2D eigenvalue weighted by Crippen LogP contribution is 2.23. The number of sulfonamides is 1. The molecule has 122 valence electrons. The maximum Gasteiger partial charge on any atom is 0.243 e. The Hall–Kier alpha value is -0.960. The molecule has 0 amide bonds. The van der Waals surface area contributed by atoms with Crippen molar-refractivity contribution in [2.75, 3.05) is 37.7 Å². The van der Waals surface area contributed by atoms with Gasteiger partial charge in [0.05, 0.1) is 16.4 Å². The van der Waals surface area contributed by atoms with Gasteiger partial charge in [0.2, 0.25) is 10.0 Å². The molecule has 1 atom stereocenters. The molecule has 2 aliphatic heterocycles. The van der Waals surface area contributed by atoms with Crippen LogP contribution in [-0.2, 0) is 19.9 Å². The molecule has 2 saturated heterocycles. The second kappa shape index (κ2) is 5.59. The molecule has 2 fully saturated rings. The molecule has 0 N–H and O–H groups in total. The predicted molar refractivity (Wildman–Crippen MR) is 84.0 cm³/mol. The largest absolute Gasteiger partial charge is 0.296 e. The lowest BCUT2D eigenvalue weighted by Gasteiger charge is -2.42. The average Bonchev–Trinajstić information content (AvgIpc) is 2.45. The number of nitrogens with zero attached hydrogens (tertiary/aromatic N) is 2. The van der Waals surface area contributed by atoms with E-state index in [2.05, 4.69) is 4.90 Å². The van der Waals surface area contributed by atoms with E-state index >= 15 is 0 Å². The van der Waals surface area contributed by atoms with Gasteiger partial charge in [-0.25, -0.2) is 16.8 Å². The van der Waals surface area contributed by atoms with Crippen molar-refractivity contribution in [1.29, 1.82) is 0 Å². The van der Waals surface area contributed by atoms with Crippen molar-refractivity contribution >= 4 is 19.9 Å². The molecule has 3 rings (SSSR count). The minimum atomic E-state index is -3.56. The van der Waals surface area contributed by atoms with Crippen LogP contribution in [0.4, 0.5) is 0 Å². The Bertz CT molecular complexity index is 774. The zero-order valence-electron chi connectivity index (χ0n) is 12.5. The highest BCUT2D eigenvalue weighted by molar-refractivity contribution is 7.91. The van der Waals surface area contributed by atoms with Crippen molar-refractivity contribution in [1.82, 2.24) is 9.21 Å². The van der Waals surface area contributed by atoms with Gasteiger partial charge in [0.25, 0.3) is 0 Å². The summed E-state index contributed by atoms with van der Waals surface area (Å²) < 4.78 is 50.5. The van der Waals surface area contributed by atoms with Crippen LogP contribution in [0.1, 0.15) is 5.56 Å². The SMILES string of the molecule is Cc1cccc(S(=O)(=O)N2CCN3CCS(=O)(=O)CC3C2)c1. The summed E-state index contributed by atoms with van der Waals surface area (Å²) in [4.78, 5) is 2.36. The van der Waals surface area contributed by atoms with E-state index in [1.165, 1.54) is 4.31 Å². The van der Waals surface area contributed by atoms with E-state index in [0.29, 0.717) is 19.6 Å². The second-order valence-electron chi connectivity index (χ2n) is 5.98. The number of rotatable bonds is 2. The summed E-state index contributed by atoms with van der Waals surface area (Å²) in [5.41, 5.74) is 0.889. The summed E-state index contributed by atoms with van der Waals surface area (Å²) in [5, 5.41) is 0. The third kappa shape index (κ3) is 3.05. The van der Waals surface area contributed by atoms with E-state index < -0.39 is 19.9 Å². The minimum absolute atomic E-state index is 0.0484. The second-order valence-corrected chi connectivity index (χ2v) is 10.2. The highest BCUT2D eigenvalue weighted by Gasteiger charge is 2.39. The van der Waals surface area contributed by atoms with Crippen LogP contribution < -0.4 is 0 Å². The molecule has 0 bridgehead atoms. The number of hydrogen-bond donors (Lipinski definition) is 0. The first kappa shape index (κ1) is 15.9. The lowest BCUT2D eigenvalue weighted by Crippen LogP contribution is -2.60. The number of hydrogen-bond acceptors (Lipinski definition) is 5. The molecule has 1 unspecified atom stereocenters. The molecule has 1 aromatic carbocycles. The summed E-state index contributed by atoms with van der Waals surface area (Å²) in [7, 11) is -6.62. The Labute approximate surface area is 131 Å². The third-order valence-electron chi connectivity index (χ3n) is 4.33. The molecule has 0 aromatic heterocycles. The fourth-order valence-corrected chi connectivity index (χ4v) is 6.25. The van der Waals surface area contributed by atoms with Crippen molar-refractivity contribution in [2.24, 2.45) is 0 Å². The smallest absolute Gasteiger partial charge is 0.243 e. The first-order chi connectivity index (χ1) is 10.3. The van der Waals surface area contributed by atoms with E-state index in [1.807, 2.05) is 13.0 Å². The van der Waals surface area contributed by atoms with Crippen LogP contribution in [0.2, 0.25) is 0 Å². The van der Waals surface area contributed by atoms with E-state index in [4.69, 9.17) is 0 Å². The topological polar surface area (TPSA) is 74.8 Å². The van der Waals surface area contributed by atoms with Crippen molar-refractivity contribution in [3.63, 3.8) is 0 Å². The molecule has 22 heavy (non-hydrogen) atoms. The quantitative estimate of drug-likeness (QED) is 0.761. The third-order valence-corrected chi connectivity index (χ3v) is 7.89. The van der Waals surface area contributed by atoms with Crippen molar-refractivity contribution < 1.29 is 16.8 Å². The minimum Gasteiger partial charge on any atom is -0.296 e. The maximum absolute atomic E-state index is 12.7. The van der Waals surface area contributed by atoms with Gasteiger partial charge in [-0.05, 0) is 24.6 Å². The lowest BCUT2D eigenvalue weighted by atomic mass is 10.2. The first-order valence-electron chi connectivity index (χ1n) is 7.29. The molecular formula is C14H20N2O4S2. The molecule has 2 aliphatic rings. The maximum atomic E-state index is 12.7. The zero-order valence-corrected chi connectivity index (χ0v) is 14.1. The number of fused-ring (bicyclic) bond motifs is 1. The predicted octanol–water partition coefficient (Wildman–Crippen LogP) is 0.0983. The number of sulfone groups is 1. The van der Waals surface area contributed by atoms with Crippen molar-refractivity contribution in [3.8, 4) is 0 Å². The van der Waals surface area contributed by atoms with E-state index in [0.717, 1.165) is 5.56 Å². The summed E-state index contributed by atoms with van der Waals surface area (Å²) in [6.45, 7) is 3.60. The molecule has 2 heterocycles. The Morgan fingerprint density at radius 3 is 2.68 bits per heavy atom. The summed E-state index contributed by atoms with van der Waals surface area (Å²) in [5.74, 6) is 0.223. The van der Waals surface area contributed by atoms with Crippen LogP contribution in [0.25, 0.3) is 0 Å². The Kier molecular flexibility index (Phi) is 4.05. The van der Waals surface area contributed by atoms with E-state index in [1.54, 1.807) is 18.2 Å². The number of benzene rings is 1. The highest BCUT2D eigenvalue weighted by atomic mass is 32.2. The van der Waals surface area contributed by atoms with Gasteiger partial charge in [0.15, 0.2) is 9.84 Å². The van der Waals surface area contributed by atoms with Crippen LogP contribution in [-0.4, -0.2) is 69.8 Å². The van der Waals surface area contributed by atoms with Gasteiger partial charge in [0.1, 0.15) is 0 Å².